The van der Waals surface area contributed by atoms with Gasteiger partial charge in [0.1, 0.15) is 0 Å². The highest BCUT2D eigenvalue weighted by atomic mass is 127. The molecule has 0 unspecified atom stereocenters. The van der Waals surface area contributed by atoms with Crippen molar-refractivity contribution >= 4 is 35.9 Å². The molecule has 3 rings (SSSR count). The first-order valence-electron chi connectivity index (χ1n) is 7.08. The van der Waals surface area contributed by atoms with Crippen LogP contribution in [0.1, 0.15) is 0 Å². The van der Waals surface area contributed by atoms with Gasteiger partial charge in [-0.1, -0.05) is 0 Å². The van der Waals surface area contributed by atoms with Crippen molar-refractivity contribution in [2.45, 2.75) is 0 Å². The summed E-state index contributed by atoms with van der Waals surface area (Å²) in [6, 6.07) is 0. The minimum atomic E-state index is 0. The number of morpholine rings is 1. The Morgan fingerprint density at radius 1 is 1.15 bits per heavy atom. The van der Waals surface area contributed by atoms with Gasteiger partial charge in [0.25, 0.3) is 0 Å². The zero-order chi connectivity index (χ0) is 12.9. The van der Waals surface area contributed by atoms with Crippen molar-refractivity contribution < 1.29 is 4.74 Å². The highest BCUT2D eigenvalue weighted by Crippen LogP contribution is 2.03. The zero-order valence-electron chi connectivity index (χ0n) is 11.7. The molecule has 0 atom stereocenters. The van der Waals surface area contributed by atoms with E-state index in [1.807, 2.05) is 0 Å². The second-order valence-electron chi connectivity index (χ2n) is 4.87. The zero-order valence-corrected chi connectivity index (χ0v) is 14.0. The van der Waals surface area contributed by atoms with Crippen LogP contribution in [0.15, 0.2) is 9.98 Å². The van der Waals surface area contributed by atoms with E-state index in [0.29, 0.717) is 0 Å². The van der Waals surface area contributed by atoms with E-state index in [-0.39, 0.29) is 24.0 Å². The molecule has 0 aromatic rings. The van der Waals surface area contributed by atoms with Gasteiger partial charge in [-0.3, -0.25) is 19.8 Å². The Morgan fingerprint density at radius 2 is 2.00 bits per heavy atom. The smallest absolute Gasteiger partial charge is 0.201 e. The summed E-state index contributed by atoms with van der Waals surface area (Å²) in [6.07, 6.45) is 0. The van der Waals surface area contributed by atoms with E-state index < -0.39 is 0 Å². The molecule has 2 N–H and O–H groups in total. The molecule has 3 heterocycles. The van der Waals surface area contributed by atoms with E-state index in [4.69, 9.17) is 4.74 Å². The third kappa shape index (κ3) is 3.95. The molecule has 1 fully saturated rings. The molecule has 0 spiro atoms. The van der Waals surface area contributed by atoms with Crippen LogP contribution < -0.4 is 10.6 Å². The number of halogens is 1. The Kier molecular flexibility index (Phi) is 6.30. The SMILES string of the molecule is C1CNC(N2CCN=C2NCCN2CCOCC2)=N1.I. The van der Waals surface area contributed by atoms with E-state index in [0.717, 1.165) is 77.5 Å². The fraction of sp³-hybridized carbons (Fsp3) is 0.833. The molecule has 114 valence electrons. The van der Waals surface area contributed by atoms with E-state index >= 15 is 0 Å². The number of rotatable bonds is 3. The summed E-state index contributed by atoms with van der Waals surface area (Å²) in [4.78, 5) is 13.5. The Labute approximate surface area is 136 Å². The number of ether oxygens (including phenoxy) is 1. The Hall–Kier alpha value is -0.610. The topological polar surface area (TPSA) is 64.5 Å². The van der Waals surface area contributed by atoms with Crippen molar-refractivity contribution in [2.75, 3.05) is 65.6 Å². The summed E-state index contributed by atoms with van der Waals surface area (Å²) in [5.41, 5.74) is 0. The van der Waals surface area contributed by atoms with Crippen molar-refractivity contribution in [3.05, 3.63) is 0 Å². The largest absolute Gasteiger partial charge is 0.379 e. The third-order valence-corrected chi connectivity index (χ3v) is 3.57. The predicted molar refractivity (Wildman–Crippen MR) is 90.0 cm³/mol. The van der Waals surface area contributed by atoms with Gasteiger partial charge in [0, 0.05) is 39.3 Å². The lowest BCUT2D eigenvalue weighted by atomic mass is 10.4. The standard InChI is InChI=1S/C12H22N6O.HI/c1-2-14-11(13-1)18-6-4-16-12(18)15-3-5-17-7-9-19-10-8-17;/h1-10H2,(H,13,14)(H,15,16);1H. The average molecular weight is 394 g/mol. The van der Waals surface area contributed by atoms with Crippen molar-refractivity contribution in [3.63, 3.8) is 0 Å². The summed E-state index contributed by atoms with van der Waals surface area (Å²) >= 11 is 0. The molecule has 0 aliphatic carbocycles. The summed E-state index contributed by atoms with van der Waals surface area (Å²) in [6.45, 7) is 9.31. The van der Waals surface area contributed by atoms with Gasteiger partial charge in [0.05, 0.1) is 26.3 Å². The second-order valence-corrected chi connectivity index (χ2v) is 4.87. The maximum Gasteiger partial charge on any atom is 0.201 e. The van der Waals surface area contributed by atoms with Crippen molar-refractivity contribution in [1.29, 1.82) is 0 Å². The van der Waals surface area contributed by atoms with Gasteiger partial charge in [-0.2, -0.15) is 0 Å². The van der Waals surface area contributed by atoms with Crippen LogP contribution >= 0.6 is 24.0 Å². The monoisotopic (exact) mass is 394 g/mol. The van der Waals surface area contributed by atoms with Gasteiger partial charge in [0.15, 0.2) is 0 Å². The first-order chi connectivity index (χ1) is 9.43. The van der Waals surface area contributed by atoms with E-state index in [2.05, 4.69) is 30.4 Å². The summed E-state index contributed by atoms with van der Waals surface area (Å²) in [5, 5.41) is 6.72. The molecule has 0 aromatic carbocycles. The van der Waals surface area contributed by atoms with Gasteiger partial charge in [0.2, 0.25) is 11.9 Å². The van der Waals surface area contributed by atoms with Crippen LogP contribution in [0.4, 0.5) is 0 Å². The van der Waals surface area contributed by atoms with Crippen LogP contribution in [-0.4, -0.2) is 87.3 Å². The van der Waals surface area contributed by atoms with Crippen LogP contribution in [0.2, 0.25) is 0 Å². The molecule has 3 aliphatic rings. The lowest BCUT2D eigenvalue weighted by Crippen LogP contribution is -2.48. The maximum atomic E-state index is 5.35. The van der Waals surface area contributed by atoms with Crippen LogP contribution in [0.3, 0.4) is 0 Å². The van der Waals surface area contributed by atoms with Crippen LogP contribution in [0, 0.1) is 0 Å². The summed E-state index contributed by atoms with van der Waals surface area (Å²) in [5.74, 6) is 1.93. The van der Waals surface area contributed by atoms with Gasteiger partial charge in [-0.15, -0.1) is 24.0 Å². The lowest BCUT2D eigenvalue weighted by molar-refractivity contribution is 0.0389. The molecule has 1 saturated heterocycles. The molecule has 20 heavy (non-hydrogen) atoms. The molecular formula is C12H23IN6O. The van der Waals surface area contributed by atoms with E-state index in [1.54, 1.807) is 0 Å². The second kappa shape index (κ2) is 7.99. The summed E-state index contributed by atoms with van der Waals surface area (Å²) in [7, 11) is 0. The average Bonchev–Trinajstić information content (AvgIpc) is 3.10. The van der Waals surface area contributed by atoms with Crippen LogP contribution in [0.25, 0.3) is 0 Å². The van der Waals surface area contributed by atoms with Crippen molar-refractivity contribution in [2.24, 2.45) is 9.98 Å². The molecule has 8 heteroatoms. The molecule has 7 nitrogen and oxygen atoms in total. The van der Waals surface area contributed by atoms with Crippen molar-refractivity contribution in [3.8, 4) is 0 Å². The number of aliphatic imine (C=N–C) groups is 2. The summed E-state index contributed by atoms with van der Waals surface area (Å²) < 4.78 is 5.35. The van der Waals surface area contributed by atoms with Gasteiger partial charge >= 0.3 is 0 Å². The fourth-order valence-corrected chi connectivity index (χ4v) is 2.52. The van der Waals surface area contributed by atoms with E-state index in [9.17, 15) is 0 Å². The Bertz CT molecular complexity index is 369. The van der Waals surface area contributed by atoms with Gasteiger partial charge < -0.3 is 15.4 Å². The number of nitrogens with one attached hydrogen (secondary N) is 2. The Balaban J connectivity index is 0.00000147. The molecule has 0 radical (unpaired) electrons. The van der Waals surface area contributed by atoms with E-state index in [1.165, 1.54) is 0 Å². The van der Waals surface area contributed by atoms with Gasteiger partial charge in [-0.05, 0) is 0 Å². The number of hydrogen-bond acceptors (Lipinski definition) is 7. The molecule has 0 aromatic heterocycles. The minimum Gasteiger partial charge on any atom is -0.379 e. The van der Waals surface area contributed by atoms with Crippen LogP contribution in [0.5, 0.6) is 0 Å². The highest BCUT2D eigenvalue weighted by Gasteiger charge is 2.23. The first kappa shape index (κ1) is 15.8. The predicted octanol–water partition coefficient (Wildman–Crippen LogP) is -0.843. The normalized spacial score (nSPS) is 22.9. The number of guanidine groups is 2. The molecule has 0 bridgehead atoms. The lowest BCUT2D eigenvalue weighted by Gasteiger charge is -2.27. The highest BCUT2D eigenvalue weighted by molar-refractivity contribution is 14.0. The minimum absolute atomic E-state index is 0. The maximum absolute atomic E-state index is 5.35. The molecule has 0 saturated carbocycles. The number of nitrogens with zero attached hydrogens (tertiary/aromatic N) is 4. The quantitative estimate of drug-likeness (QED) is 0.612. The molecular weight excluding hydrogens is 371 g/mol. The molecule has 3 aliphatic heterocycles. The third-order valence-electron chi connectivity index (χ3n) is 3.57. The first-order valence-corrected chi connectivity index (χ1v) is 7.08. The fourth-order valence-electron chi connectivity index (χ4n) is 2.52. The van der Waals surface area contributed by atoms with Crippen molar-refractivity contribution in [1.82, 2.24) is 20.4 Å². The van der Waals surface area contributed by atoms with Gasteiger partial charge in [-0.25, -0.2) is 0 Å². The molecule has 0 amide bonds. The number of hydrogen-bond donors (Lipinski definition) is 2. The Morgan fingerprint density at radius 3 is 2.75 bits per heavy atom. The van der Waals surface area contributed by atoms with Crippen LogP contribution in [-0.2, 0) is 4.74 Å².